The minimum absolute atomic E-state index is 0.0263. The first kappa shape index (κ1) is 15.6. The predicted molar refractivity (Wildman–Crippen MR) is 75.2 cm³/mol. The summed E-state index contributed by atoms with van der Waals surface area (Å²) in [7, 11) is 0. The van der Waals surface area contributed by atoms with Gasteiger partial charge in [0.2, 0.25) is 0 Å². The van der Waals surface area contributed by atoms with Gasteiger partial charge in [-0.25, -0.2) is 9.82 Å². The van der Waals surface area contributed by atoms with Crippen LogP contribution in [0.4, 0.5) is 4.39 Å². The zero-order valence-electron chi connectivity index (χ0n) is 12.1. The molecule has 1 amide bonds. The molecule has 0 saturated carbocycles. The average Bonchev–Trinajstić information content (AvgIpc) is 2.33. The Kier molecular flexibility index (Phi) is 5.48. The maximum absolute atomic E-state index is 13.5. The Morgan fingerprint density at radius 1 is 1.32 bits per heavy atom. The Hall–Kier alpha value is -1.42. The average molecular weight is 266 g/mol. The summed E-state index contributed by atoms with van der Waals surface area (Å²) in [5, 5.41) is 0. The molecule has 1 rings (SSSR count). The molecule has 0 radical (unpaired) electrons. The van der Waals surface area contributed by atoms with E-state index in [0.717, 1.165) is 12.8 Å². The standard InChI is InChI=1S/C15H23FN2O/c1-5-8-13(15(2,3)4)17-18-14(19)11-9-6-7-10-12(11)16/h6-7,9-10,13,17H,5,8H2,1-4H3,(H,18,19). The Morgan fingerprint density at radius 3 is 2.47 bits per heavy atom. The smallest absolute Gasteiger partial charge is 0.268 e. The van der Waals surface area contributed by atoms with Crippen LogP contribution in [0.15, 0.2) is 24.3 Å². The number of carbonyl (C=O) groups excluding carboxylic acids is 1. The van der Waals surface area contributed by atoms with Crippen molar-refractivity contribution in [2.75, 3.05) is 0 Å². The van der Waals surface area contributed by atoms with Crippen LogP contribution < -0.4 is 10.9 Å². The van der Waals surface area contributed by atoms with Gasteiger partial charge in [-0.3, -0.25) is 10.2 Å². The fourth-order valence-electron chi connectivity index (χ4n) is 1.88. The highest BCUT2D eigenvalue weighted by atomic mass is 19.1. The molecule has 0 bridgehead atoms. The number of halogens is 1. The van der Waals surface area contributed by atoms with Crippen LogP contribution in [-0.2, 0) is 0 Å². The number of hydrogen-bond acceptors (Lipinski definition) is 2. The number of hydrazine groups is 1. The minimum atomic E-state index is -0.510. The van der Waals surface area contributed by atoms with Gasteiger partial charge >= 0.3 is 0 Å². The van der Waals surface area contributed by atoms with Crippen molar-refractivity contribution in [2.24, 2.45) is 5.41 Å². The van der Waals surface area contributed by atoms with Crippen molar-refractivity contribution in [3.8, 4) is 0 Å². The van der Waals surface area contributed by atoms with Crippen molar-refractivity contribution in [2.45, 2.75) is 46.6 Å². The van der Waals surface area contributed by atoms with E-state index in [1.54, 1.807) is 12.1 Å². The van der Waals surface area contributed by atoms with Gasteiger partial charge in [-0.05, 0) is 24.0 Å². The number of nitrogens with one attached hydrogen (secondary N) is 2. The maximum Gasteiger partial charge on any atom is 0.268 e. The summed E-state index contributed by atoms with van der Waals surface area (Å²) < 4.78 is 13.5. The van der Waals surface area contributed by atoms with Gasteiger partial charge in [-0.15, -0.1) is 0 Å². The number of rotatable bonds is 5. The first-order chi connectivity index (χ1) is 8.86. The molecule has 2 N–H and O–H groups in total. The van der Waals surface area contributed by atoms with Gasteiger partial charge in [-0.2, -0.15) is 0 Å². The van der Waals surface area contributed by atoms with Crippen LogP contribution in [0.5, 0.6) is 0 Å². The van der Waals surface area contributed by atoms with Crippen molar-refractivity contribution in [3.63, 3.8) is 0 Å². The van der Waals surface area contributed by atoms with E-state index in [1.165, 1.54) is 12.1 Å². The third kappa shape index (κ3) is 4.63. The SMILES string of the molecule is CCCC(NNC(=O)c1ccccc1F)C(C)(C)C. The fraction of sp³-hybridized carbons (Fsp3) is 0.533. The number of carbonyl (C=O) groups is 1. The summed E-state index contributed by atoms with van der Waals surface area (Å²) in [5.41, 5.74) is 5.70. The van der Waals surface area contributed by atoms with Crippen LogP contribution >= 0.6 is 0 Å². The lowest BCUT2D eigenvalue weighted by Gasteiger charge is -2.31. The first-order valence-electron chi connectivity index (χ1n) is 6.66. The third-order valence-corrected chi connectivity index (χ3v) is 3.10. The summed E-state index contributed by atoms with van der Waals surface area (Å²) >= 11 is 0. The van der Waals surface area contributed by atoms with Gasteiger partial charge in [0.1, 0.15) is 5.82 Å². The van der Waals surface area contributed by atoms with Crippen LogP contribution in [0.1, 0.15) is 50.9 Å². The van der Waals surface area contributed by atoms with Crippen LogP contribution in [0.2, 0.25) is 0 Å². The zero-order valence-corrected chi connectivity index (χ0v) is 12.1. The highest BCUT2D eigenvalue weighted by molar-refractivity contribution is 5.94. The molecule has 0 aliphatic rings. The van der Waals surface area contributed by atoms with Gasteiger partial charge in [0, 0.05) is 6.04 Å². The fourth-order valence-corrected chi connectivity index (χ4v) is 1.88. The Labute approximate surface area is 114 Å². The Balaban J connectivity index is 2.65. The summed E-state index contributed by atoms with van der Waals surface area (Å²) in [6.45, 7) is 8.42. The van der Waals surface area contributed by atoms with E-state index < -0.39 is 11.7 Å². The second-order valence-corrected chi connectivity index (χ2v) is 5.79. The largest absolute Gasteiger partial charge is 0.287 e. The van der Waals surface area contributed by atoms with Crippen molar-refractivity contribution in [1.82, 2.24) is 10.9 Å². The van der Waals surface area contributed by atoms with Crippen LogP contribution in [0.25, 0.3) is 0 Å². The molecule has 19 heavy (non-hydrogen) atoms. The molecule has 0 spiro atoms. The topological polar surface area (TPSA) is 41.1 Å². The Morgan fingerprint density at radius 2 is 1.95 bits per heavy atom. The van der Waals surface area contributed by atoms with Gasteiger partial charge in [0.25, 0.3) is 5.91 Å². The minimum Gasteiger partial charge on any atom is -0.287 e. The molecule has 1 atom stereocenters. The lowest BCUT2D eigenvalue weighted by atomic mass is 9.84. The van der Waals surface area contributed by atoms with E-state index >= 15 is 0 Å². The number of hydrogen-bond donors (Lipinski definition) is 2. The molecule has 1 aromatic carbocycles. The van der Waals surface area contributed by atoms with E-state index in [2.05, 4.69) is 38.5 Å². The summed E-state index contributed by atoms with van der Waals surface area (Å²) in [6, 6.07) is 6.11. The van der Waals surface area contributed by atoms with Gasteiger partial charge < -0.3 is 0 Å². The van der Waals surface area contributed by atoms with E-state index in [0.29, 0.717) is 0 Å². The molecule has 1 aromatic rings. The van der Waals surface area contributed by atoms with Crippen molar-refractivity contribution in [3.05, 3.63) is 35.6 Å². The molecule has 3 nitrogen and oxygen atoms in total. The van der Waals surface area contributed by atoms with Crippen molar-refractivity contribution < 1.29 is 9.18 Å². The predicted octanol–water partition coefficient (Wildman–Crippen LogP) is 3.27. The van der Waals surface area contributed by atoms with Crippen molar-refractivity contribution in [1.29, 1.82) is 0 Å². The zero-order chi connectivity index (χ0) is 14.5. The van der Waals surface area contributed by atoms with E-state index in [9.17, 15) is 9.18 Å². The molecular weight excluding hydrogens is 243 g/mol. The number of amides is 1. The van der Waals surface area contributed by atoms with Gasteiger partial charge in [0.15, 0.2) is 0 Å². The molecule has 0 aliphatic heterocycles. The first-order valence-corrected chi connectivity index (χ1v) is 6.66. The van der Waals surface area contributed by atoms with Crippen molar-refractivity contribution >= 4 is 5.91 Å². The van der Waals surface area contributed by atoms with Gasteiger partial charge in [0.05, 0.1) is 5.56 Å². The highest BCUT2D eigenvalue weighted by Gasteiger charge is 2.24. The van der Waals surface area contributed by atoms with Crippen LogP contribution in [-0.4, -0.2) is 11.9 Å². The molecule has 1 unspecified atom stereocenters. The molecule has 0 aromatic heterocycles. The number of benzene rings is 1. The van der Waals surface area contributed by atoms with Crippen LogP contribution in [0, 0.1) is 11.2 Å². The van der Waals surface area contributed by atoms with E-state index in [-0.39, 0.29) is 17.0 Å². The van der Waals surface area contributed by atoms with Crippen LogP contribution in [0.3, 0.4) is 0 Å². The molecule has 0 fully saturated rings. The monoisotopic (exact) mass is 266 g/mol. The highest BCUT2D eigenvalue weighted by Crippen LogP contribution is 2.22. The second-order valence-electron chi connectivity index (χ2n) is 5.79. The quantitative estimate of drug-likeness (QED) is 0.803. The molecule has 106 valence electrons. The van der Waals surface area contributed by atoms with E-state index in [1.807, 2.05) is 0 Å². The van der Waals surface area contributed by atoms with Gasteiger partial charge in [-0.1, -0.05) is 46.2 Å². The summed E-state index contributed by atoms with van der Waals surface area (Å²) in [4.78, 5) is 11.9. The molecule has 4 heteroatoms. The lowest BCUT2D eigenvalue weighted by Crippen LogP contribution is -2.50. The Bertz CT molecular complexity index is 426. The maximum atomic E-state index is 13.5. The molecule has 0 saturated heterocycles. The molecular formula is C15H23FN2O. The second kappa shape index (κ2) is 6.66. The third-order valence-electron chi connectivity index (χ3n) is 3.10. The summed E-state index contributed by atoms with van der Waals surface area (Å²) in [5.74, 6) is -0.951. The molecule has 0 aliphatic carbocycles. The molecule has 0 heterocycles. The van der Waals surface area contributed by atoms with E-state index in [4.69, 9.17) is 0 Å². The lowest BCUT2D eigenvalue weighted by molar-refractivity contribution is 0.0900. The summed E-state index contributed by atoms with van der Waals surface area (Å²) in [6.07, 6.45) is 1.96. The normalized spacial score (nSPS) is 13.1.